The second-order valence-corrected chi connectivity index (χ2v) is 6.62. The standard InChI is InChI=1S/C16H23N5/c1-10-6-4-5-9-21(10)16-14-13(11(2)19-20(14)3)17-15(18-16)12-7-8-12/h10,12H,4-9H2,1-3H3. The van der Waals surface area contributed by atoms with Crippen LogP contribution in [0.25, 0.3) is 11.0 Å². The zero-order valence-electron chi connectivity index (χ0n) is 13.1. The third-order valence-electron chi connectivity index (χ3n) is 4.87. The number of anilines is 1. The minimum absolute atomic E-state index is 0.555. The van der Waals surface area contributed by atoms with Crippen molar-refractivity contribution in [3.05, 3.63) is 11.5 Å². The summed E-state index contributed by atoms with van der Waals surface area (Å²) in [5.41, 5.74) is 3.16. The molecule has 4 rings (SSSR count). The molecule has 1 unspecified atom stereocenters. The second kappa shape index (κ2) is 4.68. The summed E-state index contributed by atoms with van der Waals surface area (Å²) in [4.78, 5) is 12.3. The number of aromatic nitrogens is 4. The fraction of sp³-hybridized carbons (Fsp3) is 0.688. The van der Waals surface area contributed by atoms with Gasteiger partial charge in [-0.15, -0.1) is 0 Å². The number of piperidine rings is 1. The van der Waals surface area contributed by atoms with Crippen molar-refractivity contribution in [3.8, 4) is 0 Å². The number of hydrogen-bond donors (Lipinski definition) is 0. The van der Waals surface area contributed by atoms with Crippen LogP contribution >= 0.6 is 0 Å². The Bertz CT molecular complexity index is 686. The number of nitrogens with zero attached hydrogens (tertiary/aromatic N) is 5. The maximum absolute atomic E-state index is 4.97. The first kappa shape index (κ1) is 13.0. The van der Waals surface area contributed by atoms with Crippen molar-refractivity contribution in [2.24, 2.45) is 7.05 Å². The van der Waals surface area contributed by atoms with Crippen LogP contribution in [-0.4, -0.2) is 32.3 Å². The van der Waals surface area contributed by atoms with E-state index in [0.29, 0.717) is 12.0 Å². The molecule has 1 atom stereocenters. The molecule has 0 radical (unpaired) electrons. The summed E-state index contributed by atoms with van der Waals surface area (Å²) in [6, 6.07) is 0.555. The lowest BCUT2D eigenvalue weighted by Crippen LogP contribution is -2.38. The van der Waals surface area contributed by atoms with E-state index in [1.165, 1.54) is 32.1 Å². The van der Waals surface area contributed by atoms with Gasteiger partial charge in [0.25, 0.3) is 0 Å². The third-order valence-corrected chi connectivity index (χ3v) is 4.87. The predicted molar refractivity (Wildman–Crippen MR) is 83.7 cm³/mol. The average Bonchev–Trinajstić information content (AvgIpc) is 3.27. The molecule has 0 N–H and O–H groups in total. The number of rotatable bonds is 2. The average molecular weight is 285 g/mol. The minimum atomic E-state index is 0.555. The van der Waals surface area contributed by atoms with Crippen molar-refractivity contribution in [1.82, 2.24) is 19.7 Å². The molecule has 21 heavy (non-hydrogen) atoms. The summed E-state index contributed by atoms with van der Waals surface area (Å²) in [5.74, 6) is 2.72. The van der Waals surface area contributed by atoms with Gasteiger partial charge >= 0.3 is 0 Å². The third kappa shape index (κ3) is 2.10. The first-order chi connectivity index (χ1) is 10.1. The molecule has 0 amide bonds. The van der Waals surface area contributed by atoms with E-state index in [0.717, 1.165) is 34.9 Å². The fourth-order valence-corrected chi connectivity index (χ4v) is 3.47. The number of hydrogen-bond acceptors (Lipinski definition) is 4. The molecule has 5 nitrogen and oxygen atoms in total. The molecule has 2 aliphatic rings. The van der Waals surface area contributed by atoms with Crippen LogP contribution in [0.2, 0.25) is 0 Å². The van der Waals surface area contributed by atoms with Crippen molar-refractivity contribution in [1.29, 1.82) is 0 Å². The van der Waals surface area contributed by atoms with Gasteiger partial charge in [0.1, 0.15) is 16.9 Å². The van der Waals surface area contributed by atoms with E-state index in [4.69, 9.17) is 9.97 Å². The maximum Gasteiger partial charge on any atom is 0.158 e. The Morgan fingerprint density at radius 3 is 2.62 bits per heavy atom. The zero-order chi connectivity index (χ0) is 14.6. The first-order valence-corrected chi connectivity index (χ1v) is 8.13. The van der Waals surface area contributed by atoms with Crippen LogP contribution in [0, 0.1) is 6.92 Å². The smallest absolute Gasteiger partial charge is 0.158 e. The van der Waals surface area contributed by atoms with E-state index in [1.54, 1.807) is 0 Å². The van der Waals surface area contributed by atoms with Crippen LogP contribution in [0.3, 0.4) is 0 Å². The Labute approximate surface area is 125 Å². The highest BCUT2D eigenvalue weighted by Gasteiger charge is 2.31. The van der Waals surface area contributed by atoms with Gasteiger partial charge in [-0.25, -0.2) is 9.97 Å². The summed E-state index contributed by atoms with van der Waals surface area (Å²) in [5, 5.41) is 4.58. The molecule has 2 aromatic rings. The summed E-state index contributed by atoms with van der Waals surface area (Å²) in [6.45, 7) is 5.46. The van der Waals surface area contributed by atoms with E-state index < -0.39 is 0 Å². The quantitative estimate of drug-likeness (QED) is 0.851. The van der Waals surface area contributed by atoms with Crippen molar-refractivity contribution in [2.45, 2.75) is 57.9 Å². The Hall–Kier alpha value is -1.65. The monoisotopic (exact) mass is 285 g/mol. The molecule has 0 aromatic carbocycles. The van der Waals surface area contributed by atoms with Gasteiger partial charge in [0, 0.05) is 25.6 Å². The van der Waals surface area contributed by atoms with Crippen LogP contribution < -0.4 is 4.90 Å². The molecule has 0 spiro atoms. The van der Waals surface area contributed by atoms with Gasteiger partial charge in [-0.1, -0.05) is 0 Å². The molecular weight excluding hydrogens is 262 g/mol. The van der Waals surface area contributed by atoms with Crippen LogP contribution in [0.1, 0.15) is 56.5 Å². The van der Waals surface area contributed by atoms with Gasteiger partial charge in [0.05, 0.1) is 5.69 Å². The Balaban J connectivity index is 1.92. The normalized spacial score (nSPS) is 23.0. The van der Waals surface area contributed by atoms with Crippen LogP contribution in [-0.2, 0) is 7.05 Å². The highest BCUT2D eigenvalue weighted by Crippen LogP contribution is 2.40. The molecule has 5 heteroatoms. The molecule has 1 aliphatic carbocycles. The second-order valence-electron chi connectivity index (χ2n) is 6.62. The van der Waals surface area contributed by atoms with E-state index in [1.807, 2.05) is 11.7 Å². The van der Waals surface area contributed by atoms with E-state index in [-0.39, 0.29) is 0 Å². The number of fused-ring (bicyclic) bond motifs is 1. The van der Waals surface area contributed by atoms with Crippen LogP contribution in [0.4, 0.5) is 5.82 Å². The molecule has 1 saturated heterocycles. The van der Waals surface area contributed by atoms with Crippen molar-refractivity contribution in [3.63, 3.8) is 0 Å². The highest BCUT2D eigenvalue weighted by molar-refractivity contribution is 5.88. The first-order valence-electron chi connectivity index (χ1n) is 8.13. The molecule has 2 aromatic heterocycles. The molecule has 0 bridgehead atoms. The Morgan fingerprint density at radius 2 is 1.90 bits per heavy atom. The predicted octanol–water partition coefficient (Wildman–Crippen LogP) is 2.93. The van der Waals surface area contributed by atoms with E-state index in [9.17, 15) is 0 Å². The van der Waals surface area contributed by atoms with Gasteiger partial charge in [-0.05, 0) is 46.0 Å². The lowest BCUT2D eigenvalue weighted by molar-refractivity contribution is 0.481. The molecule has 3 heterocycles. The van der Waals surface area contributed by atoms with Crippen LogP contribution in [0.15, 0.2) is 0 Å². The summed E-state index contributed by atoms with van der Waals surface area (Å²) in [7, 11) is 2.01. The lowest BCUT2D eigenvalue weighted by Gasteiger charge is -2.34. The molecule has 2 fully saturated rings. The van der Waals surface area contributed by atoms with Gasteiger partial charge in [0.2, 0.25) is 0 Å². The van der Waals surface area contributed by atoms with E-state index >= 15 is 0 Å². The largest absolute Gasteiger partial charge is 0.352 e. The fourth-order valence-electron chi connectivity index (χ4n) is 3.47. The SMILES string of the molecule is Cc1nn(C)c2c(N3CCCCC3C)nc(C3CC3)nc12. The summed E-state index contributed by atoms with van der Waals surface area (Å²) < 4.78 is 1.96. The summed E-state index contributed by atoms with van der Waals surface area (Å²) in [6.07, 6.45) is 6.30. The van der Waals surface area contributed by atoms with Gasteiger partial charge in [-0.3, -0.25) is 4.68 Å². The Kier molecular flexibility index (Phi) is 2.91. The van der Waals surface area contributed by atoms with Crippen molar-refractivity contribution >= 4 is 16.9 Å². The molecular formula is C16H23N5. The molecule has 1 aliphatic heterocycles. The van der Waals surface area contributed by atoms with Gasteiger partial charge in [0.15, 0.2) is 5.82 Å². The zero-order valence-corrected chi connectivity index (χ0v) is 13.1. The minimum Gasteiger partial charge on any atom is -0.352 e. The van der Waals surface area contributed by atoms with Crippen molar-refractivity contribution < 1.29 is 0 Å². The summed E-state index contributed by atoms with van der Waals surface area (Å²) >= 11 is 0. The Morgan fingerprint density at radius 1 is 1.10 bits per heavy atom. The highest BCUT2D eigenvalue weighted by atomic mass is 15.3. The van der Waals surface area contributed by atoms with Gasteiger partial charge < -0.3 is 4.90 Å². The number of aryl methyl sites for hydroxylation is 2. The molecule has 112 valence electrons. The van der Waals surface area contributed by atoms with E-state index in [2.05, 4.69) is 23.8 Å². The van der Waals surface area contributed by atoms with Crippen LogP contribution in [0.5, 0.6) is 0 Å². The molecule has 1 saturated carbocycles. The lowest BCUT2D eigenvalue weighted by atomic mass is 10.0. The topological polar surface area (TPSA) is 46.8 Å². The maximum atomic E-state index is 4.97. The van der Waals surface area contributed by atoms with Crippen molar-refractivity contribution in [2.75, 3.05) is 11.4 Å². The van der Waals surface area contributed by atoms with Gasteiger partial charge in [-0.2, -0.15) is 5.10 Å².